The smallest absolute Gasteiger partial charge is 0.359 e. The van der Waals surface area contributed by atoms with Crippen molar-refractivity contribution in [3.63, 3.8) is 0 Å². The van der Waals surface area contributed by atoms with Crippen LogP contribution in [0.3, 0.4) is 0 Å². The van der Waals surface area contributed by atoms with Gasteiger partial charge in [-0.1, -0.05) is 0 Å². The number of aliphatic hydroxyl groups is 1. The Hall–Kier alpha value is -1.14. The van der Waals surface area contributed by atoms with E-state index in [1.165, 1.54) is 23.3 Å². The molecule has 0 unspecified atom stereocenters. The van der Waals surface area contributed by atoms with E-state index >= 15 is 0 Å². The van der Waals surface area contributed by atoms with Crippen molar-refractivity contribution in [1.82, 2.24) is 4.31 Å². The Labute approximate surface area is 102 Å². The number of nitrogens with zero attached hydrogens (tertiary/aromatic N) is 1. The van der Waals surface area contributed by atoms with Gasteiger partial charge in [-0.3, -0.25) is 0 Å². The highest BCUT2D eigenvalue weighted by Crippen LogP contribution is 2.41. The summed E-state index contributed by atoms with van der Waals surface area (Å²) >= 11 is 2.82. The number of hydrogen-bond acceptors (Lipinski definition) is 6. The maximum Gasteiger partial charge on any atom is 0.359 e. The van der Waals surface area contributed by atoms with Gasteiger partial charge in [-0.15, -0.1) is 11.3 Å². The summed E-state index contributed by atoms with van der Waals surface area (Å²) in [5.74, 6) is -0.487. The monoisotopic (exact) mass is 257 g/mol. The van der Waals surface area contributed by atoms with E-state index in [0.717, 1.165) is 9.77 Å². The molecule has 0 saturated heterocycles. The van der Waals surface area contributed by atoms with Crippen LogP contribution in [0.4, 0.5) is 0 Å². The molecule has 2 rings (SSSR count). The number of hydrogen-bond donors (Lipinski definition) is 1. The lowest BCUT2D eigenvalue weighted by atomic mass is 10.3. The molecule has 0 bridgehead atoms. The van der Waals surface area contributed by atoms with Gasteiger partial charge in [-0.2, -0.15) is 0 Å². The Morgan fingerprint density at radius 1 is 1.62 bits per heavy atom. The first-order valence-corrected chi connectivity index (χ1v) is 6.40. The minimum absolute atomic E-state index is 0.00435. The highest BCUT2D eigenvalue weighted by Gasteiger charge is 2.30. The van der Waals surface area contributed by atoms with Crippen LogP contribution in [0.25, 0.3) is 5.76 Å². The summed E-state index contributed by atoms with van der Waals surface area (Å²) in [6, 6.07) is 1.92. The van der Waals surface area contributed by atoms with Gasteiger partial charge in [0.1, 0.15) is 0 Å². The van der Waals surface area contributed by atoms with Crippen LogP contribution >= 0.6 is 23.3 Å². The Morgan fingerprint density at radius 3 is 3.06 bits per heavy atom. The largest absolute Gasteiger partial charge is 0.504 e. The van der Waals surface area contributed by atoms with Crippen LogP contribution in [0.15, 0.2) is 22.0 Å². The predicted octanol–water partition coefficient (Wildman–Crippen LogP) is 2.49. The van der Waals surface area contributed by atoms with Gasteiger partial charge in [0.15, 0.2) is 11.5 Å². The van der Waals surface area contributed by atoms with Crippen molar-refractivity contribution in [3.8, 4) is 0 Å². The summed E-state index contributed by atoms with van der Waals surface area (Å²) in [5, 5.41) is 11.9. The number of esters is 1. The Bertz CT molecular complexity index is 453. The number of carbonyl (C=O) groups excluding carboxylic acids is 1. The van der Waals surface area contributed by atoms with Crippen LogP contribution in [0.2, 0.25) is 0 Å². The fourth-order valence-corrected chi connectivity index (χ4v) is 3.35. The summed E-state index contributed by atoms with van der Waals surface area (Å²) in [7, 11) is 1.73. The van der Waals surface area contributed by atoms with Crippen molar-refractivity contribution in [2.45, 2.75) is 11.8 Å². The topological polar surface area (TPSA) is 49.8 Å². The number of aliphatic hydroxyl groups excluding tert-OH is 1. The first kappa shape index (κ1) is 11.3. The zero-order chi connectivity index (χ0) is 11.7. The molecule has 0 fully saturated rings. The molecule has 1 aliphatic heterocycles. The van der Waals surface area contributed by atoms with Gasteiger partial charge in [-0.25, -0.2) is 4.79 Å². The molecule has 2 heterocycles. The first-order valence-electron chi connectivity index (χ1n) is 4.75. The van der Waals surface area contributed by atoms with Crippen LogP contribution in [0, 0.1) is 0 Å². The van der Waals surface area contributed by atoms with Crippen molar-refractivity contribution < 1.29 is 14.6 Å². The van der Waals surface area contributed by atoms with Crippen LogP contribution < -0.4 is 0 Å². The lowest BCUT2D eigenvalue weighted by molar-refractivity contribution is -0.139. The summed E-state index contributed by atoms with van der Waals surface area (Å²) in [6.45, 7) is 2.04. The summed E-state index contributed by atoms with van der Waals surface area (Å²) in [6.07, 6.45) is 0. The zero-order valence-electron chi connectivity index (χ0n) is 8.89. The van der Waals surface area contributed by atoms with Crippen molar-refractivity contribution in [3.05, 3.63) is 22.0 Å². The van der Waals surface area contributed by atoms with Crippen LogP contribution in [0.1, 0.15) is 11.8 Å². The maximum absolute atomic E-state index is 11.7. The van der Waals surface area contributed by atoms with E-state index in [1.54, 1.807) is 18.3 Å². The summed E-state index contributed by atoms with van der Waals surface area (Å²) < 4.78 is 6.53. The van der Waals surface area contributed by atoms with Gasteiger partial charge in [-0.05, 0) is 30.3 Å². The second-order valence-corrected chi connectivity index (χ2v) is 5.21. The molecule has 1 N–H and O–H groups in total. The van der Waals surface area contributed by atoms with E-state index in [2.05, 4.69) is 0 Å². The number of ether oxygens (including phenoxy) is 1. The maximum atomic E-state index is 11.7. The van der Waals surface area contributed by atoms with E-state index < -0.39 is 5.97 Å². The Morgan fingerprint density at radius 2 is 2.38 bits per heavy atom. The molecule has 0 aromatic carbocycles. The first-order chi connectivity index (χ1) is 7.65. The van der Waals surface area contributed by atoms with Gasteiger partial charge in [0.2, 0.25) is 0 Å². The second-order valence-electron chi connectivity index (χ2n) is 3.12. The molecule has 86 valence electrons. The molecule has 1 aromatic rings. The van der Waals surface area contributed by atoms with E-state index in [0.29, 0.717) is 6.61 Å². The lowest BCUT2D eigenvalue weighted by Crippen LogP contribution is -2.23. The van der Waals surface area contributed by atoms with Crippen molar-refractivity contribution >= 4 is 35.0 Å². The van der Waals surface area contributed by atoms with Crippen LogP contribution in [-0.2, 0) is 9.53 Å². The molecule has 0 radical (unpaired) electrons. The van der Waals surface area contributed by atoms with Crippen molar-refractivity contribution in [2.75, 3.05) is 13.7 Å². The zero-order valence-corrected chi connectivity index (χ0v) is 10.5. The van der Waals surface area contributed by atoms with Gasteiger partial charge < -0.3 is 14.1 Å². The molecule has 0 saturated carbocycles. The molecule has 0 spiro atoms. The molecule has 0 atom stereocenters. The second kappa shape index (κ2) is 4.39. The third-order valence-electron chi connectivity index (χ3n) is 2.09. The third-order valence-corrected chi connectivity index (χ3v) is 4.13. The fourth-order valence-electron chi connectivity index (χ4n) is 1.42. The SMILES string of the molecule is CCOC(=O)C1=C(O)c2sccc2SN1C. The molecule has 6 heteroatoms. The normalized spacial score (nSPS) is 15.0. The molecule has 16 heavy (non-hydrogen) atoms. The standard InChI is InChI=1S/C10H11NO3S2/c1-3-14-10(13)7-8(12)9-6(4-5-15-9)16-11(7)2/h4-5,12H,3H2,1-2H3. The molecular formula is C10H11NO3S2. The van der Waals surface area contributed by atoms with E-state index in [-0.39, 0.29) is 11.5 Å². The average Bonchev–Trinajstić information content (AvgIpc) is 2.66. The molecule has 0 amide bonds. The summed E-state index contributed by atoms with van der Waals surface area (Å²) in [4.78, 5) is 13.3. The van der Waals surface area contributed by atoms with Gasteiger partial charge in [0.25, 0.3) is 0 Å². The van der Waals surface area contributed by atoms with E-state index in [9.17, 15) is 9.90 Å². The fraction of sp³-hybridized carbons (Fsp3) is 0.300. The average molecular weight is 257 g/mol. The van der Waals surface area contributed by atoms with Crippen molar-refractivity contribution in [1.29, 1.82) is 0 Å². The third kappa shape index (κ3) is 1.78. The predicted molar refractivity (Wildman–Crippen MR) is 64.1 cm³/mol. The van der Waals surface area contributed by atoms with Crippen LogP contribution in [-0.4, -0.2) is 29.0 Å². The molecular weight excluding hydrogens is 246 g/mol. The number of thiophene rings is 1. The number of rotatable bonds is 2. The Kier molecular flexibility index (Phi) is 3.11. The number of carbonyl (C=O) groups is 1. The minimum Gasteiger partial charge on any atom is -0.504 e. The highest BCUT2D eigenvalue weighted by atomic mass is 32.2. The highest BCUT2D eigenvalue weighted by molar-refractivity contribution is 7.97. The summed E-state index contributed by atoms with van der Waals surface area (Å²) in [5.41, 5.74) is 0.210. The van der Waals surface area contributed by atoms with E-state index in [1.807, 2.05) is 11.4 Å². The number of fused-ring (bicyclic) bond motifs is 1. The number of likely N-dealkylation sites (N-methyl/N-ethyl adjacent to an activating group) is 1. The lowest BCUT2D eigenvalue weighted by Gasteiger charge is -2.24. The molecule has 0 aliphatic carbocycles. The molecule has 1 aromatic heterocycles. The van der Waals surface area contributed by atoms with Crippen molar-refractivity contribution in [2.24, 2.45) is 0 Å². The molecule has 4 nitrogen and oxygen atoms in total. The van der Waals surface area contributed by atoms with E-state index in [4.69, 9.17) is 4.74 Å². The van der Waals surface area contributed by atoms with Gasteiger partial charge >= 0.3 is 5.97 Å². The molecule has 1 aliphatic rings. The minimum atomic E-state index is -0.492. The van der Waals surface area contributed by atoms with Gasteiger partial charge in [0.05, 0.1) is 16.4 Å². The Balaban J connectivity index is 2.43. The van der Waals surface area contributed by atoms with Gasteiger partial charge in [0, 0.05) is 7.05 Å². The van der Waals surface area contributed by atoms with Crippen LogP contribution in [0.5, 0.6) is 0 Å². The quantitative estimate of drug-likeness (QED) is 0.651.